The monoisotopic (exact) mass is 351 g/mol. The van der Waals surface area contributed by atoms with Crippen LogP contribution in [0.1, 0.15) is 20.7 Å². The van der Waals surface area contributed by atoms with E-state index in [0.717, 1.165) is 0 Å². The van der Waals surface area contributed by atoms with Crippen LogP contribution in [0.5, 0.6) is 5.75 Å². The fourth-order valence-electron chi connectivity index (χ4n) is 2.19. The van der Waals surface area contributed by atoms with Crippen LogP contribution in [0.3, 0.4) is 0 Å². The van der Waals surface area contributed by atoms with Crippen molar-refractivity contribution in [3.63, 3.8) is 0 Å². The smallest absolute Gasteiger partial charge is 0.343 e. The largest absolute Gasteiger partial charge is 0.421 e. The molecule has 0 fully saturated rings. The Hall–Kier alpha value is -3.11. The zero-order valence-corrected chi connectivity index (χ0v) is 13.9. The number of benzene rings is 3. The summed E-state index contributed by atoms with van der Waals surface area (Å²) < 4.78 is 5.41. The number of nitrogens with one attached hydrogen (secondary N) is 1. The van der Waals surface area contributed by atoms with Gasteiger partial charge in [0, 0.05) is 10.6 Å². The minimum absolute atomic E-state index is 0.270. The van der Waals surface area contributed by atoms with Gasteiger partial charge in [-0.1, -0.05) is 41.9 Å². The van der Waals surface area contributed by atoms with Gasteiger partial charge in [-0.3, -0.25) is 4.79 Å². The molecule has 0 aliphatic heterocycles. The highest BCUT2D eigenvalue weighted by molar-refractivity contribution is 6.30. The van der Waals surface area contributed by atoms with E-state index in [1.165, 1.54) is 0 Å². The van der Waals surface area contributed by atoms with E-state index in [2.05, 4.69) is 5.32 Å². The molecular formula is C20H14ClNO3. The zero-order chi connectivity index (χ0) is 17.6. The van der Waals surface area contributed by atoms with Crippen molar-refractivity contribution < 1.29 is 14.3 Å². The molecule has 0 bridgehead atoms. The first-order valence-electron chi connectivity index (χ1n) is 7.56. The number of para-hydroxylation sites is 2. The van der Waals surface area contributed by atoms with Crippen molar-refractivity contribution >= 4 is 29.2 Å². The molecule has 3 aromatic carbocycles. The third kappa shape index (κ3) is 4.25. The molecule has 0 heterocycles. The van der Waals surface area contributed by atoms with Gasteiger partial charge in [0.1, 0.15) is 0 Å². The number of esters is 1. The molecule has 4 nitrogen and oxygen atoms in total. The Morgan fingerprint density at radius 2 is 1.40 bits per heavy atom. The van der Waals surface area contributed by atoms with Crippen LogP contribution in [0, 0.1) is 0 Å². The van der Waals surface area contributed by atoms with Crippen LogP contribution in [0.25, 0.3) is 0 Å². The van der Waals surface area contributed by atoms with E-state index in [9.17, 15) is 9.59 Å². The van der Waals surface area contributed by atoms with E-state index in [4.69, 9.17) is 16.3 Å². The Bertz CT molecular complexity index is 892. The third-order valence-corrected chi connectivity index (χ3v) is 3.71. The third-order valence-electron chi connectivity index (χ3n) is 3.45. The quantitative estimate of drug-likeness (QED) is 0.542. The second-order valence-corrected chi connectivity index (χ2v) is 5.65. The van der Waals surface area contributed by atoms with E-state index >= 15 is 0 Å². The molecule has 0 saturated carbocycles. The molecule has 0 atom stereocenters. The van der Waals surface area contributed by atoms with E-state index in [1.54, 1.807) is 72.8 Å². The van der Waals surface area contributed by atoms with Crippen LogP contribution < -0.4 is 10.1 Å². The van der Waals surface area contributed by atoms with Crippen molar-refractivity contribution in [2.24, 2.45) is 0 Å². The lowest BCUT2D eigenvalue weighted by Gasteiger charge is -2.11. The summed E-state index contributed by atoms with van der Waals surface area (Å²) in [6.07, 6.45) is 0. The first-order chi connectivity index (χ1) is 12.1. The van der Waals surface area contributed by atoms with Gasteiger partial charge in [0.25, 0.3) is 5.91 Å². The van der Waals surface area contributed by atoms with E-state index < -0.39 is 5.97 Å². The fraction of sp³-hybridized carbons (Fsp3) is 0. The maximum atomic E-state index is 12.3. The number of amides is 1. The fourth-order valence-corrected chi connectivity index (χ4v) is 2.31. The molecule has 1 amide bonds. The SMILES string of the molecule is O=C(Nc1ccccc1OC(=O)c1ccc(Cl)cc1)c1ccccc1. The summed E-state index contributed by atoms with van der Waals surface area (Å²) in [6, 6.07) is 22.0. The maximum Gasteiger partial charge on any atom is 0.343 e. The van der Waals surface area contributed by atoms with E-state index in [1.807, 2.05) is 6.07 Å². The average molecular weight is 352 g/mol. The first kappa shape index (κ1) is 16.7. The summed E-state index contributed by atoms with van der Waals surface area (Å²) >= 11 is 5.82. The van der Waals surface area contributed by atoms with Gasteiger partial charge in [0.2, 0.25) is 0 Å². The highest BCUT2D eigenvalue weighted by Gasteiger charge is 2.13. The molecule has 25 heavy (non-hydrogen) atoms. The maximum absolute atomic E-state index is 12.3. The summed E-state index contributed by atoms with van der Waals surface area (Å²) in [5.41, 5.74) is 1.30. The van der Waals surface area contributed by atoms with Crippen molar-refractivity contribution in [2.75, 3.05) is 5.32 Å². The van der Waals surface area contributed by atoms with Gasteiger partial charge >= 0.3 is 5.97 Å². The van der Waals surface area contributed by atoms with Crippen LogP contribution in [0.15, 0.2) is 78.9 Å². The molecule has 1 N–H and O–H groups in total. The van der Waals surface area contributed by atoms with Gasteiger partial charge < -0.3 is 10.1 Å². The molecule has 0 unspecified atom stereocenters. The summed E-state index contributed by atoms with van der Waals surface area (Å²) in [6.45, 7) is 0. The van der Waals surface area contributed by atoms with Crippen molar-refractivity contribution in [3.8, 4) is 5.75 Å². The Kier molecular flexibility index (Phi) is 5.11. The summed E-state index contributed by atoms with van der Waals surface area (Å²) in [5, 5.41) is 3.29. The Morgan fingerprint density at radius 1 is 0.760 bits per heavy atom. The molecule has 0 aliphatic carbocycles. The minimum Gasteiger partial charge on any atom is -0.421 e. The standard InChI is InChI=1S/C20H14ClNO3/c21-16-12-10-15(11-13-16)20(24)25-18-9-5-4-8-17(18)22-19(23)14-6-2-1-3-7-14/h1-13H,(H,22,23). The Balaban J connectivity index is 1.78. The van der Waals surface area contributed by atoms with Gasteiger partial charge in [-0.15, -0.1) is 0 Å². The van der Waals surface area contributed by atoms with Crippen molar-refractivity contribution in [1.29, 1.82) is 0 Å². The van der Waals surface area contributed by atoms with Crippen LogP contribution in [0.2, 0.25) is 5.02 Å². The number of anilines is 1. The van der Waals surface area contributed by atoms with Gasteiger partial charge in [-0.25, -0.2) is 4.79 Å². The van der Waals surface area contributed by atoms with Crippen molar-refractivity contribution in [3.05, 3.63) is 95.0 Å². The Labute approximate surface area is 150 Å². The lowest BCUT2D eigenvalue weighted by molar-refractivity contribution is 0.0734. The van der Waals surface area contributed by atoms with Crippen LogP contribution in [-0.4, -0.2) is 11.9 Å². The molecule has 0 aromatic heterocycles. The van der Waals surface area contributed by atoms with Gasteiger partial charge in [-0.05, 0) is 48.5 Å². The van der Waals surface area contributed by atoms with Gasteiger partial charge in [-0.2, -0.15) is 0 Å². The number of hydrogen-bond donors (Lipinski definition) is 1. The number of halogens is 1. The summed E-state index contributed by atoms with van der Waals surface area (Å²) in [5.74, 6) is -0.541. The minimum atomic E-state index is -0.530. The number of carbonyl (C=O) groups excluding carboxylic acids is 2. The lowest BCUT2D eigenvalue weighted by atomic mass is 10.2. The summed E-state index contributed by atoms with van der Waals surface area (Å²) in [4.78, 5) is 24.5. The molecule has 5 heteroatoms. The van der Waals surface area contributed by atoms with Crippen molar-refractivity contribution in [2.45, 2.75) is 0 Å². The van der Waals surface area contributed by atoms with Crippen LogP contribution in [0.4, 0.5) is 5.69 Å². The molecule has 3 aromatic rings. The van der Waals surface area contributed by atoms with E-state index in [-0.39, 0.29) is 11.7 Å². The number of hydrogen-bond acceptors (Lipinski definition) is 3. The first-order valence-corrected chi connectivity index (χ1v) is 7.94. The molecule has 3 rings (SSSR count). The summed E-state index contributed by atoms with van der Waals surface area (Å²) in [7, 11) is 0. The molecule has 124 valence electrons. The number of ether oxygens (including phenoxy) is 1. The average Bonchev–Trinajstić information content (AvgIpc) is 2.64. The second kappa shape index (κ2) is 7.64. The second-order valence-electron chi connectivity index (χ2n) is 5.21. The molecule has 0 radical (unpaired) electrons. The lowest BCUT2D eigenvalue weighted by Crippen LogP contribution is -2.14. The molecule has 0 saturated heterocycles. The van der Waals surface area contributed by atoms with Crippen LogP contribution in [-0.2, 0) is 0 Å². The van der Waals surface area contributed by atoms with Crippen LogP contribution >= 0.6 is 11.6 Å². The van der Waals surface area contributed by atoms with E-state index in [0.29, 0.717) is 21.8 Å². The number of rotatable bonds is 4. The molecule has 0 spiro atoms. The number of carbonyl (C=O) groups is 2. The van der Waals surface area contributed by atoms with Gasteiger partial charge in [0.15, 0.2) is 5.75 Å². The highest BCUT2D eigenvalue weighted by atomic mass is 35.5. The predicted octanol–water partition coefficient (Wildman–Crippen LogP) is 4.81. The predicted molar refractivity (Wildman–Crippen MR) is 97.2 cm³/mol. The molecule has 0 aliphatic rings. The highest BCUT2D eigenvalue weighted by Crippen LogP contribution is 2.25. The molecular weight excluding hydrogens is 338 g/mol. The Morgan fingerprint density at radius 3 is 2.12 bits per heavy atom. The zero-order valence-electron chi connectivity index (χ0n) is 13.1. The van der Waals surface area contributed by atoms with Crippen molar-refractivity contribution in [1.82, 2.24) is 0 Å². The normalized spacial score (nSPS) is 10.1. The topological polar surface area (TPSA) is 55.4 Å². The van der Waals surface area contributed by atoms with Gasteiger partial charge in [0.05, 0.1) is 11.3 Å².